The number of nitrogens with one attached hydrogen (secondary N) is 1. The first kappa shape index (κ1) is 23.6. The van der Waals surface area contributed by atoms with Gasteiger partial charge in [0.1, 0.15) is 11.5 Å². The Kier molecular flexibility index (Phi) is 7.12. The van der Waals surface area contributed by atoms with E-state index in [1.165, 1.54) is 11.3 Å². The molecule has 0 saturated carbocycles. The van der Waals surface area contributed by atoms with E-state index in [0.29, 0.717) is 17.2 Å². The lowest BCUT2D eigenvalue weighted by molar-refractivity contribution is 0.0952. The third kappa shape index (κ3) is 4.74. The molecule has 32 heavy (non-hydrogen) atoms. The van der Waals surface area contributed by atoms with Crippen LogP contribution in [0.3, 0.4) is 0 Å². The zero-order valence-electron chi connectivity index (χ0n) is 20.3. The van der Waals surface area contributed by atoms with Crippen molar-refractivity contribution in [3.8, 4) is 11.5 Å². The van der Waals surface area contributed by atoms with Crippen molar-refractivity contribution >= 4 is 17.8 Å². The van der Waals surface area contributed by atoms with Crippen molar-refractivity contribution in [1.29, 1.82) is 0 Å². The normalized spacial score (nSPS) is 17.2. The summed E-state index contributed by atoms with van der Waals surface area (Å²) < 4.78 is 11.0. The minimum absolute atomic E-state index is 0.0874. The van der Waals surface area contributed by atoms with Crippen LogP contribution in [0.5, 0.6) is 11.5 Å². The molecule has 1 N–H and O–H groups in total. The first-order valence-corrected chi connectivity index (χ1v) is 11.2. The molecule has 1 heterocycles. The largest absolute Gasteiger partial charge is 0.496 e. The molecule has 1 amide bonds. The Hall–Kier alpha value is -3.02. The molecule has 0 radical (unpaired) electrons. The lowest BCUT2D eigenvalue weighted by atomic mass is 9.79. The Morgan fingerprint density at radius 2 is 1.94 bits per heavy atom. The number of aryl methyl sites for hydroxylation is 1. The molecule has 2 aromatic rings. The first-order chi connectivity index (χ1) is 15.2. The van der Waals surface area contributed by atoms with Crippen LogP contribution < -0.4 is 19.8 Å². The number of benzene rings is 2. The highest BCUT2D eigenvalue weighted by Gasteiger charge is 2.36. The summed E-state index contributed by atoms with van der Waals surface area (Å²) in [5.74, 6) is 1.36. The van der Waals surface area contributed by atoms with Crippen molar-refractivity contribution in [2.24, 2.45) is 5.10 Å². The summed E-state index contributed by atoms with van der Waals surface area (Å²) >= 11 is 0. The van der Waals surface area contributed by atoms with Gasteiger partial charge in [0, 0.05) is 29.4 Å². The molecular weight excluding hydrogens is 402 g/mol. The smallest absolute Gasteiger partial charge is 0.275 e. The highest BCUT2D eigenvalue weighted by atomic mass is 16.5. The average molecular weight is 438 g/mol. The second-order valence-corrected chi connectivity index (χ2v) is 9.13. The number of anilines is 1. The fourth-order valence-electron chi connectivity index (χ4n) is 4.66. The molecule has 0 spiro atoms. The summed E-state index contributed by atoms with van der Waals surface area (Å²) in [5.41, 5.74) is 7.51. The predicted octanol–water partition coefficient (Wildman–Crippen LogP) is 5.28. The third-order valence-corrected chi connectivity index (χ3v) is 6.16. The lowest BCUT2D eigenvalue weighted by Gasteiger charge is -2.47. The molecule has 1 atom stereocenters. The van der Waals surface area contributed by atoms with E-state index in [0.717, 1.165) is 36.3 Å². The van der Waals surface area contributed by atoms with Crippen molar-refractivity contribution < 1.29 is 14.3 Å². The monoisotopic (exact) mass is 437 g/mol. The van der Waals surface area contributed by atoms with E-state index in [1.807, 2.05) is 19.1 Å². The van der Waals surface area contributed by atoms with Crippen LogP contribution in [-0.4, -0.2) is 38.4 Å². The fraction of sp³-hybridized carbons (Fsp3) is 0.462. The number of fused-ring (bicyclic) bond motifs is 1. The number of rotatable bonds is 7. The van der Waals surface area contributed by atoms with Gasteiger partial charge in [0.05, 0.1) is 26.0 Å². The van der Waals surface area contributed by atoms with Gasteiger partial charge >= 0.3 is 0 Å². The molecule has 0 saturated heterocycles. The molecular formula is C26H35N3O3. The minimum Gasteiger partial charge on any atom is -0.496 e. The summed E-state index contributed by atoms with van der Waals surface area (Å²) in [5, 5.41) is 4.21. The molecule has 6 heteroatoms. The van der Waals surface area contributed by atoms with Gasteiger partial charge in [-0.25, -0.2) is 5.43 Å². The summed E-state index contributed by atoms with van der Waals surface area (Å²) in [6.45, 7) is 12.0. The van der Waals surface area contributed by atoms with Crippen LogP contribution in [0.1, 0.15) is 73.5 Å². The number of nitrogens with zero attached hydrogens (tertiary/aromatic N) is 2. The number of methoxy groups -OCH3 is 2. The lowest BCUT2D eigenvalue weighted by Crippen LogP contribution is -2.48. The van der Waals surface area contributed by atoms with Crippen LogP contribution in [0.2, 0.25) is 0 Å². The van der Waals surface area contributed by atoms with E-state index < -0.39 is 0 Å². The van der Waals surface area contributed by atoms with E-state index >= 15 is 0 Å². The standard InChI is InChI=1S/C26H35N3O3/c1-8-11-29-22-14-23(31-6)19(13-21(22)18(3)15-26(29,4)5)16-27-28-25(30)20-10-9-17(2)12-24(20)32-7/h9-10,12-14,16,18H,8,11,15H2,1-7H3,(H,28,30)/b27-16-. The van der Waals surface area contributed by atoms with E-state index in [-0.39, 0.29) is 11.4 Å². The number of ether oxygens (including phenoxy) is 2. The second-order valence-electron chi connectivity index (χ2n) is 9.13. The quantitative estimate of drug-likeness (QED) is 0.473. The summed E-state index contributed by atoms with van der Waals surface area (Å²) in [7, 11) is 3.22. The molecule has 1 unspecified atom stereocenters. The zero-order chi connectivity index (χ0) is 23.5. The van der Waals surface area contributed by atoms with E-state index in [9.17, 15) is 4.79 Å². The number of hydrazone groups is 1. The van der Waals surface area contributed by atoms with Crippen molar-refractivity contribution in [3.05, 3.63) is 52.6 Å². The molecule has 1 aliphatic rings. The van der Waals surface area contributed by atoms with Gasteiger partial charge in [-0.1, -0.05) is 19.9 Å². The number of hydrogen-bond donors (Lipinski definition) is 1. The highest BCUT2D eigenvalue weighted by Crippen LogP contribution is 2.45. The SMILES string of the molecule is CCCN1c2cc(OC)c(/C=N\NC(=O)c3ccc(C)cc3OC)cc2C(C)CC1(C)C. The third-order valence-electron chi connectivity index (χ3n) is 6.16. The fourth-order valence-corrected chi connectivity index (χ4v) is 4.66. The van der Waals surface area contributed by atoms with Gasteiger partial charge in [-0.2, -0.15) is 5.10 Å². The van der Waals surface area contributed by atoms with Gasteiger partial charge in [0.2, 0.25) is 0 Å². The van der Waals surface area contributed by atoms with Gasteiger partial charge in [-0.15, -0.1) is 0 Å². The van der Waals surface area contributed by atoms with E-state index in [4.69, 9.17) is 9.47 Å². The minimum atomic E-state index is -0.320. The molecule has 1 aliphatic heterocycles. The Bertz CT molecular complexity index is 1010. The van der Waals surface area contributed by atoms with Gasteiger partial charge < -0.3 is 14.4 Å². The Labute approximate surface area is 191 Å². The van der Waals surface area contributed by atoms with Crippen LogP contribution in [-0.2, 0) is 0 Å². The molecule has 0 aliphatic carbocycles. The molecule has 172 valence electrons. The summed E-state index contributed by atoms with van der Waals surface area (Å²) in [6, 6.07) is 9.69. The summed E-state index contributed by atoms with van der Waals surface area (Å²) in [4.78, 5) is 15.1. The maximum Gasteiger partial charge on any atom is 0.275 e. The Morgan fingerprint density at radius 3 is 2.59 bits per heavy atom. The van der Waals surface area contributed by atoms with Crippen molar-refractivity contribution in [1.82, 2.24) is 5.43 Å². The zero-order valence-corrected chi connectivity index (χ0v) is 20.3. The summed E-state index contributed by atoms with van der Waals surface area (Å²) in [6.07, 6.45) is 3.80. The van der Waals surface area contributed by atoms with Gasteiger partial charge in [0.25, 0.3) is 5.91 Å². The maximum absolute atomic E-state index is 12.6. The van der Waals surface area contributed by atoms with Crippen molar-refractivity contribution in [2.45, 2.75) is 58.9 Å². The van der Waals surface area contributed by atoms with Gasteiger partial charge in [-0.05, 0) is 68.9 Å². The Morgan fingerprint density at radius 1 is 1.22 bits per heavy atom. The maximum atomic E-state index is 12.6. The average Bonchev–Trinajstić information content (AvgIpc) is 2.75. The number of carbonyl (C=O) groups excluding carboxylic acids is 1. The van der Waals surface area contributed by atoms with Crippen LogP contribution in [0, 0.1) is 6.92 Å². The van der Waals surface area contributed by atoms with Gasteiger partial charge in [-0.3, -0.25) is 4.79 Å². The molecule has 3 rings (SSSR count). The van der Waals surface area contributed by atoms with E-state index in [2.05, 4.69) is 55.3 Å². The predicted molar refractivity (Wildman–Crippen MR) is 131 cm³/mol. The molecule has 0 bridgehead atoms. The molecule has 6 nitrogen and oxygen atoms in total. The van der Waals surface area contributed by atoms with Crippen LogP contribution in [0.15, 0.2) is 35.4 Å². The van der Waals surface area contributed by atoms with Crippen molar-refractivity contribution in [3.63, 3.8) is 0 Å². The number of carbonyl (C=O) groups is 1. The number of hydrogen-bond acceptors (Lipinski definition) is 5. The molecule has 0 fully saturated rings. The van der Waals surface area contributed by atoms with Crippen molar-refractivity contribution in [2.75, 3.05) is 25.7 Å². The number of amides is 1. The molecule has 2 aromatic carbocycles. The Balaban J connectivity index is 1.89. The highest BCUT2D eigenvalue weighted by molar-refractivity contribution is 5.97. The first-order valence-electron chi connectivity index (χ1n) is 11.2. The topological polar surface area (TPSA) is 63.2 Å². The second kappa shape index (κ2) is 9.63. The van der Waals surface area contributed by atoms with E-state index in [1.54, 1.807) is 26.5 Å². The van der Waals surface area contributed by atoms with Gasteiger partial charge in [0.15, 0.2) is 0 Å². The van der Waals surface area contributed by atoms with Crippen LogP contribution >= 0.6 is 0 Å². The molecule has 0 aromatic heterocycles. The van der Waals surface area contributed by atoms with Crippen LogP contribution in [0.25, 0.3) is 0 Å². The van der Waals surface area contributed by atoms with Crippen LogP contribution in [0.4, 0.5) is 5.69 Å².